The number of piperidine rings is 1. The first-order valence-corrected chi connectivity index (χ1v) is 16.4. The lowest BCUT2D eigenvalue weighted by molar-refractivity contribution is 0.0807. The third-order valence-corrected chi connectivity index (χ3v) is 10.2. The van der Waals surface area contributed by atoms with E-state index in [-0.39, 0.29) is 11.7 Å². The summed E-state index contributed by atoms with van der Waals surface area (Å²) in [7, 11) is 1.66. The zero-order valence-electron chi connectivity index (χ0n) is 24.7. The summed E-state index contributed by atoms with van der Waals surface area (Å²) in [6, 6.07) is 19.5. The molecule has 2 bridgehead atoms. The number of halogens is 3. The SMILES string of the molecule is COc1cccc2c(C(=O)NCc3ccc(Cl)c(Cl)c3)cn(CCCN3[C@@H]4CC[C@H]3C[C@@H](CC(=O)c3cccc(Cl)c3)C4)c12. The molecule has 3 heterocycles. The molecule has 2 fully saturated rings. The van der Waals surface area contributed by atoms with Crippen molar-refractivity contribution in [1.82, 2.24) is 14.8 Å². The van der Waals surface area contributed by atoms with E-state index in [1.54, 1.807) is 31.4 Å². The summed E-state index contributed by atoms with van der Waals surface area (Å²) in [6.45, 7) is 2.09. The third-order valence-electron chi connectivity index (χ3n) is 9.18. The molecule has 0 saturated carbocycles. The molecule has 0 unspecified atom stereocenters. The first kappa shape index (κ1) is 31.0. The van der Waals surface area contributed by atoms with Crippen molar-refractivity contribution in [2.24, 2.45) is 5.92 Å². The van der Waals surface area contributed by atoms with E-state index in [9.17, 15) is 9.59 Å². The Morgan fingerprint density at radius 3 is 2.43 bits per heavy atom. The molecule has 44 heavy (non-hydrogen) atoms. The number of fused-ring (bicyclic) bond motifs is 3. The average Bonchev–Trinajstić information content (AvgIpc) is 3.50. The number of carbonyl (C=O) groups is 2. The van der Waals surface area contributed by atoms with E-state index in [1.165, 1.54) is 12.8 Å². The number of hydrogen-bond acceptors (Lipinski definition) is 4. The van der Waals surface area contributed by atoms with Crippen molar-refractivity contribution in [2.75, 3.05) is 13.7 Å². The summed E-state index contributed by atoms with van der Waals surface area (Å²) >= 11 is 18.3. The van der Waals surface area contributed by atoms with Crippen molar-refractivity contribution in [1.29, 1.82) is 0 Å². The number of ether oxygens (including phenoxy) is 1. The molecule has 6 nitrogen and oxygen atoms in total. The van der Waals surface area contributed by atoms with E-state index >= 15 is 0 Å². The Bertz CT molecular complexity index is 1670. The van der Waals surface area contributed by atoms with E-state index in [4.69, 9.17) is 39.5 Å². The second-order valence-corrected chi connectivity index (χ2v) is 13.2. The van der Waals surface area contributed by atoms with Crippen molar-refractivity contribution in [3.63, 3.8) is 0 Å². The fraction of sp³-hybridized carbons (Fsp3) is 0.371. The van der Waals surface area contributed by atoms with Gasteiger partial charge in [-0.05, 0) is 73.9 Å². The first-order valence-electron chi connectivity index (χ1n) is 15.2. The van der Waals surface area contributed by atoms with Crippen LogP contribution in [0.3, 0.4) is 0 Å². The highest BCUT2D eigenvalue weighted by molar-refractivity contribution is 6.42. The summed E-state index contributed by atoms with van der Waals surface area (Å²) in [6.07, 6.45) is 7.99. The number of benzene rings is 3. The van der Waals surface area contributed by atoms with Crippen LogP contribution in [0.2, 0.25) is 15.1 Å². The van der Waals surface area contributed by atoms with Crippen molar-refractivity contribution >= 4 is 57.4 Å². The molecule has 3 atom stereocenters. The fourth-order valence-electron chi connectivity index (χ4n) is 7.16. The largest absolute Gasteiger partial charge is 0.495 e. The van der Waals surface area contributed by atoms with E-state index in [2.05, 4.69) is 14.8 Å². The number of para-hydroxylation sites is 1. The third kappa shape index (κ3) is 6.64. The van der Waals surface area contributed by atoms with Crippen LogP contribution in [0.25, 0.3) is 10.9 Å². The molecule has 0 spiro atoms. The Labute approximate surface area is 273 Å². The topological polar surface area (TPSA) is 63.6 Å². The lowest BCUT2D eigenvalue weighted by atomic mass is 9.85. The normalized spacial score (nSPS) is 19.8. The second kappa shape index (κ2) is 13.5. The monoisotopic (exact) mass is 651 g/mol. The molecule has 230 valence electrons. The fourth-order valence-corrected chi connectivity index (χ4v) is 7.67. The van der Waals surface area contributed by atoms with Crippen molar-refractivity contribution in [3.05, 3.63) is 98.6 Å². The molecule has 1 amide bonds. The van der Waals surface area contributed by atoms with Gasteiger partial charge in [-0.3, -0.25) is 14.5 Å². The van der Waals surface area contributed by atoms with Gasteiger partial charge in [0.2, 0.25) is 0 Å². The summed E-state index contributed by atoms with van der Waals surface area (Å²) in [4.78, 5) is 29.0. The maximum atomic E-state index is 13.4. The lowest BCUT2D eigenvalue weighted by Crippen LogP contribution is -2.43. The van der Waals surface area contributed by atoms with Gasteiger partial charge < -0.3 is 14.6 Å². The molecular formula is C35H36Cl3N3O3. The van der Waals surface area contributed by atoms with Crippen LogP contribution in [-0.2, 0) is 13.1 Å². The van der Waals surface area contributed by atoms with Crippen LogP contribution >= 0.6 is 34.8 Å². The zero-order valence-corrected chi connectivity index (χ0v) is 27.0. The minimum Gasteiger partial charge on any atom is -0.495 e. The Morgan fingerprint density at radius 2 is 1.70 bits per heavy atom. The molecule has 1 N–H and O–H groups in total. The van der Waals surface area contributed by atoms with Gasteiger partial charge in [-0.2, -0.15) is 0 Å². The quantitative estimate of drug-likeness (QED) is 0.165. The maximum absolute atomic E-state index is 13.4. The molecule has 0 radical (unpaired) electrons. The molecule has 6 rings (SSSR count). The molecule has 9 heteroatoms. The maximum Gasteiger partial charge on any atom is 0.253 e. The van der Waals surface area contributed by atoms with Gasteiger partial charge in [-0.25, -0.2) is 0 Å². The van der Waals surface area contributed by atoms with E-state index < -0.39 is 0 Å². The highest BCUT2D eigenvalue weighted by atomic mass is 35.5. The Hall–Kier alpha value is -3.03. The van der Waals surface area contributed by atoms with E-state index in [0.29, 0.717) is 57.2 Å². The van der Waals surface area contributed by atoms with Crippen LogP contribution in [0.4, 0.5) is 0 Å². The number of methoxy groups -OCH3 is 1. The van der Waals surface area contributed by atoms with Gasteiger partial charge in [0, 0.05) is 60.3 Å². The molecule has 4 aromatic rings. The highest BCUT2D eigenvalue weighted by Crippen LogP contribution is 2.40. The first-order chi connectivity index (χ1) is 21.3. The van der Waals surface area contributed by atoms with Crippen molar-refractivity contribution < 1.29 is 14.3 Å². The van der Waals surface area contributed by atoms with Gasteiger partial charge >= 0.3 is 0 Å². The predicted molar refractivity (Wildman–Crippen MR) is 177 cm³/mol. The number of nitrogens with one attached hydrogen (secondary N) is 1. The minimum atomic E-state index is -0.152. The van der Waals surface area contributed by atoms with Crippen molar-refractivity contribution in [2.45, 2.75) is 63.7 Å². The van der Waals surface area contributed by atoms with Crippen molar-refractivity contribution in [3.8, 4) is 5.75 Å². The standard InChI is InChI=1S/C35H36Cl3N3O3/c1-44-33-8-3-7-28-29(35(43)39-20-22-9-12-30(37)31(38)17-22)21-40(34(28)33)13-4-14-41-26-10-11-27(41)16-23(15-26)18-32(42)24-5-2-6-25(36)19-24/h2-3,5-9,12,17,19,21,23,26-27H,4,10-11,13-16,18,20H2,1H3,(H,39,43)/t23-,26+,27-. The van der Waals surface area contributed by atoms with Crippen LogP contribution in [0.1, 0.15) is 64.8 Å². The molecule has 2 aliphatic heterocycles. The van der Waals surface area contributed by atoms with Gasteiger partial charge in [-0.1, -0.05) is 65.1 Å². The number of aromatic nitrogens is 1. The second-order valence-electron chi connectivity index (χ2n) is 12.0. The Kier molecular flexibility index (Phi) is 9.53. The van der Waals surface area contributed by atoms with E-state index in [1.807, 2.05) is 42.6 Å². The predicted octanol–water partition coefficient (Wildman–Crippen LogP) is 8.45. The van der Waals surface area contributed by atoms with Crippen LogP contribution in [0.5, 0.6) is 5.75 Å². The Balaban J connectivity index is 1.09. The van der Waals surface area contributed by atoms with Gasteiger partial charge in [0.15, 0.2) is 5.78 Å². The van der Waals surface area contributed by atoms with Crippen LogP contribution in [0, 0.1) is 5.92 Å². The number of Topliss-reactive ketones (excluding diaryl/α,β-unsaturated/α-hetero) is 1. The van der Waals surface area contributed by atoms with E-state index in [0.717, 1.165) is 54.6 Å². The summed E-state index contributed by atoms with van der Waals surface area (Å²) in [5.74, 6) is 1.20. The number of hydrogen-bond donors (Lipinski definition) is 1. The lowest BCUT2D eigenvalue weighted by Gasteiger charge is -2.39. The molecule has 3 aromatic carbocycles. The van der Waals surface area contributed by atoms with Gasteiger partial charge in [0.1, 0.15) is 5.75 Å². The van der Waals surface area contributed by atoms with Gasteiger partial charge in [-0.15, -0.1) is 0 Å². The zero-order chi connectivity index (χ0) is 30.8. The molecule has 0 aliphatic carbocycles. The summed E-state index contributed by atoms with van der Waals surface area (Å²) in [5, 5.41) is 5.44. The molecule has 1 aromatic heterocycles. The Morgan fingerprint density at radius 1 is 0.932 bits per heavy atom. The molecule has 2 saturated heterocycles. The van der Waals surface area contributed by atoms with Gasteiger partial charge in [0.25, 0.3) is 5.91 Å². The van der Waals surface area contributed by atoms with Crippen LogP contribution in [-0.4, -0.2) is 46.9 Å². The summed E-state index contributed by atoms with van der Waals surface area (Å²) in [5.41, 5.74) is 3.13. The summed E-state index contributed by atoms with van der Waals surface area (Å²) < 4.78 is 7.87. The number of ketones is 1. The number of amides is 1. The highest BCUT2D eigenvalue weighted by Gasteiger charge is 2.40. The number of carbonyl (C=O) groups excluding carboxylic acids is 2. The number of aryl methyl sites for hydroxylation is 1. The van der Waals surface area contributed by atoms with Crippen LogP contribution < -0.4 is 10.1 Å². The number of nitrogens with zero attached hydrogens (tertiary/aromatic N) is 2. The van der Waals surface area contributed by atoms with Gasteiger partial charge in [0.05, 0.1) is 28.2 Å². The minimum absolute atomic E-state index is 0.152. The smallest absolute Gasteiger partial charge is 0.253 e. The molecular weight excluding hydrogens is 617 g/mol. The number of rotatable bonds is 11. The molecule has 2 aliphatic rings. The van der Waals surface area contributed by atoms with Crippen LogP contribution in [0.15, 0.2) is 66.9 Å². The average molecular weight is 653 g/mol.